The number of hydrogen-bond donors (Lipinski definition) is 3. The number of H-pyrrole nitrogens is 2. The Kier molecular flexibility index (Phi) is 5.04. The van der Waals surface area contributed by atoms with Crippen LogP contribution in [0.5, 0.6) is 0 Å². The van der Waals surface area contributed by atoms with Gasteiger partial charge in [-0.2, -0.15) is 0 Å². The Hall–Kier alpha value is -3.48. The molecule has 2 heterocycles. The van der Waals surface area contributed by atoms with Crippen molar-refractivity contribution in [1.82, 2.24) is 15.3 Å². The Morgan fingerprint density at radius 3 is 2.44 bits per heavy atom. The standard InChI is InChI=1S/C25H22F3N3O/c1-13-2-7-22(29-13)25(32)30-18-8-14(9-18)10-19-20-11-17(27)12-21(28)24(20)31-23(19)15-3-5-16(26)6-4-15/h2-7,11-12,14,18,29,31H,8-10H2,1H3,(H,30,32). The molecule has 1 fully saturated rings. The average molecular weight is 437 g/mol. The molecule has 1 saturated carbocycles. The van der Waals surface area contributed by atoms with Crippen LogP contribution < -0.4 is 5.32 Å². The van der Waals surface area contributed by atoms with Gasteiger partial charge in [-0.1, -0.05) is 0 Å². The molecule has 4 aromatic rings. The smallest absolute Gasteiger partial charge is 0.267 e. The van der Waals surface area contributed by atoms with E-state index in [1.165, 1.54) is 18.2 Å². The van der Waals surface area contributed by atoms with E-state index in [2.05, 4.69) is 15.3 Å². The minimum atomic E-state index is -0.658. The molecule has 7 heteroatoms. The quantitative estimate of drug-likeness (QED) is 0.372. The molecule has 0 spiro atoms. The number of rotatable bonds is 5. The van der Waals surface area contributed by atoms with Crippen molar-refractivity contribution in [1.29, 1.82) is 0 Å². The maximum Gasteiger partial charge on any atom is 0.267 e. The fourth-order valence-electron chi connectivity index (χ4n) is 4.56. The van der Waals surface area contributed by atoms with Gasteiger partial charge >= 0.3 is 0 Å². The van der Waals surface area contributed by atoms with Crippen molar-refractivity contribution in [2.24, 2.45) is 5.92 Å². The minimum Gasteiger partial charge on any atom is -0.355 e. The zero-order chi connectivity index (χ0) is 22.4. The topological polar surface area (TPSA) is 60.7 Å². The van der Waals surface area contributed by atoms with Crippen molar-refractivity contribution in [2.45, 2.75) is 32.2 Å². The molecule has 1 aliphatic rings. The number of carbonyl (C=O) groups excluding carboxylic acids is 1. The molecular weight excluding hydrogens is 415 g/mol. The van der Waals surface area contributed by atoms with Crippen LogP contribution in [-0.4, -0.2) is 21.9 Å². The Labute approximate surface area is 182 Å². The fourth-order valence-corrected chi connectivity index (χ4v) is 4.56. The lowest BCUT2D eigenvalue weighted by molar-refractivity contribution is 0.0885. The first-order valence-electron chi connectivity index (χ1n) is 10.6. The van der Waals surface area contributed by atoms with Gasteiger partial charge in [0.2, 0.25) is 0 Å². The van der Waals surface area contributed by atoms with Crippen LogP contribution in [0.3, 0.4) is 0 Å². The van der Waals surface area contributed by atoms with Gasteiger partial charge in [-0.3, -0.25) is 4.79 Å². The molecule has 0 radical (unpaired) electrons. The van der Waals surface area contributed by atoms with Gasteiger partial charge in [-0.05, 0) is 85.7 Å². The van der Waals surface area contributed by atoms with Crippen LogP contribution in [0.15, 0.2) is 48.5 Å². The van der Waals surface area contributed by atoms with E-state index in [9.17, 15) is 18.0 Å². The number of halogens is 3. The molecule has 32 heavy (non-hydrogen) atoms. The highest BCUT2D eigenvalue weighted by molar-refractivity contribution is 5.93. The van der Waals surface area contributed by atoms with Crippen LogP contribution >= 0.6 is 0 Å². The highest BCUT2D eigenvalue weighted by atomic mass is 19.1. The molecule has 164 valence electrons. The van der Waals surface area contributed by atoms with Gasteiger partial charge in [0, 0.05) is 28.9 Å². The molecule has 1 aliphatic carbocycles. The molecule has 0 bridgehead atoms. The van der Waals surface area contributed by atoms with Gasteiger partial charge in [-0.15, -0.1) is 0 Å². The number of nitrogens with one attached hydrogen (secondary N) is 3. The maximum atomic E-state index is 14.4. The molecule has 2 aromatic heterocycles. The number of amides is 1. The van der Waals surface area contributed by atoms with Crippen molar-refractivity contribution in [3.05, 3.63) is 82.9 Å². The molecule has 3 N–H and O–H groups in total. The number of fused-ring (bicyclic) bond motifs is 1. The summed E-state index contributed by atoms with van der Waals surface area (Å²) in [5.41, 5.74) is 3.88. The second-order valence-electron chi connectivity index (χ2n) is 8.56. The predicted molar refractivity (Wildman–Crippen MR) is 117 cm³/mol. The number of benzene rings is 2. The first-order chi connectivity index (χ1) is 15.4. The van der Waals surface area contributed by atoms with E-state index in [-0.39, 0.29) is 29.2 Å². The van der Waals surface area contributed by atoms with Gasteiger partial charge in [-0.25, -0.2) is 13.2 Å². The van der Waals surface area contributed by atoms with E-state index >= 15 is 0 Å². The lowest BCUT2D eigenvalue weighted by Crippen LogP contribution is -2.45. The molecule has 1 amide bonds. The van der Waals surface area contributed by atoms with Crippen LogP contribution in [-0.2, 0) is 6.42 Å². The Balaban J connectivity index is 1.37. The fraction of sp³-hybridized carbons (Fsp3) is 0.240. The van der Waals surface area contributed by atoms with Gasteiger partial charge in [0.25, 0.3) is 5.91 Å². The maximum absolute atomic E-state index is 14.4. The molecule has 0 unspecified atom stereocenters. The van der Waals surface area contributed by atoms with E-state index in [1.807, 2.05) is 13.0 Å². The highest BCUT2D eigenvalue weighted by Crippen LogP contribution is 2.38. The van der Waals surface area contributed by atoms with Crippen LogP contribution in [0, 0.1) is 30.3 Å². The summed E-state index contributed by atoms with van der Waals surface area (Å²) in [5.74, 6) is -1.53. The molecule has 4 nitrogen and oxygen atoms in total. The second kappa shape index (κ2) is 7.89. The molecule has 0 atom stereocenters. The zero-order valence-corrected chi connectivity index (χ0v) is 17.4. The Morgan fingerprint density at radius 1 is 1.00 bits per heavy atom. The Morgan fingerprint density at radius 2 is 1.75 bits per heavy atom. The highest BCUT2D eigenvalue weighted by Gasteiger charge is 2.32. The van der Waals surface area contributed by atoms with E-state index in [1.54, 1.807) is 18.2 Å². The van der Waals surface area contributed by atoms with Crippen molar-refractivity contribution in [3.8, 4) is 11.3 Å². The summed E-state index contributed by atoms with van der Waals surface area (Å²) in [7, 11) is 0. The monoisotopic (exact) mass is 437 g/mol. The number of aromatic nitrogens is 2. The summed E-state index contributed by atoms with van der Waals surface area (Å²) < 4.78 is 41.8. The summed E-state index contributed by atoms with van der Waals surface area (Å²) >= 11 is 0. The predicted octanol–water partition coefficient (Wildman–Crippen LogP) is 5.64. The van der Waals surface area contributed by atoms with Crippen molar-refractivity contribution in [3.63, 3.8) is 0 Å². The summed E-state index contributed by atoms with van der Waals surface area (Å²) in [6, 6.07) is 11.8. The van der Waals surface area contributed by atoms with Crippen molar-refractivity contribution in [2.75, 3.05) is 0 Å². The molecule has 0 saturated heterocycles. The largest absolute Gasteiger partial charge is 0.355 e. The summed E-state index contributed by atoms with van der Waals surface area (Å²) in [4.78, 5) is 18.4. The molecule has 5 rings (SSSR count). The van der Waals surface area contributed by atoms with Crippen LogP contribution in [0.25, 0.3) is 22.2 Å². The van der Waals surface area contributed by atoms with Crippen LogP contribution in [0.2, 0.25) is 0 Å². The summed E-state index contributed by atoms with van der Waals surface area (Å²) in [6.45, 7) is 1.89. The van der Waals surface area contributed by atoms with Crippen LogP contribution in [0.4, 0.5) is 13.2 Å². The number of aromatic amines is 2. The van der Waals surface area contributed by atoms with E-state index in [4.69, 9.17) is 0 Å². The first kappa shape index (κ1) is 20.4. The van der Waals surface area contributed by atoms with Gasteiger partial charge in [0.05, 0.1) is 5.52 Å². The number of aryl methyl sites for hydroxylation is 1. The first-order valence-corrected chi connectivity index (χ1v) is 10.6. The third-order valence-corrected chi connectivity index (χ3v) is 6.20. The van der Waals surface area contributed by atoms with Crippen LogP contribution in [0.1, 0.15) is 34.6 Å². The SMILES string of the molecule is Cc1ccc(C(=O)NC2CC(Cc3c(-c4ccc(F)cc4)[nH]c4c(F)cc(F)cc34)C2)[nH]1. The van der Waals surface area contributed by atoms with Gasteiger partial charge in [0.15, 0.2) is 0 Å². The molecular formula is C25H22F3N3O. The lowest BCUT2D eigenvalue weighted by atomic mass is 9.76. The number of hydrogen-bond acceptors (Lipinski definition) is 1. The average Bonchev–Trinajstić information content (AvgIpc) is 3.31. The number of carbonyl (C=O) groups is 1. The summed E-state index contributed by atoms with van der Waals surface area (Å²) in [6.07, 6.45) is 2.15. The van der Waals surface area contributed by atoms with Gasteiger partial charge in [0.1, 0.15) is 23.1 Å². The van der Waals surface area contributed by atoms with E-state index in [0.29, 0.717) is 28.8 Å². The second-order valence-corrected chi connectivity index (χ2v) is 8.56. The summed E-state index contributed by atoms with van der Waals surface area (Å²) in [5, 5.41) is 3.52. The van der Waals surface area contributed by atoms with Crippen molar-refractivity contribution >= 4 is 16.8 Å². The van der Waals surface area contributed by atoms with Crippen molar-refractivity contribution < 1.29 is 18.0 Å². The third kappa shape index (κ3) is 3.79. The lowest BCUT2D eigenvalue weighted by Gasteiger charge is -2.36. The third-order valence-electron chi connectivity index (χ3n) is 6.20. The molecule has 2 aromatic carbocycles. The molecule has 0 aliphatic heterocycles. The van der Waals surface area contributed by atoms with Gasteiger partial charge < -0.3 is 15.3 Å². The van der Waals surface area contributed by atoms with E-state index in [0.717, 1.165) is 30.2 Å². The Bertz CT molecular complexity index is 1300. The zero-order valence-electron chi connectivity index (χ0n) is 17.4. The minimum absolute atomic E-state index is 0.0593. The van der Waals surface area contributed by atoms with E-state index < -0.39 is 11.6 Å². The normalized spacial score (nSPS) is 18.0.